The molecule has 0 spiro atoms. The van der Waals surface area contributed by atoms with Gasteiger partial charge in [0.25, 0.3) is 5.91 Å². The molecule has 0 bridgehead atoms. The van der Waals surface area contributed by atoms with Crippen molar-refractivity contribution in [2.75, 3.05) is 23.3 Å². The van der Waals surface area contributed by atoms with Crippen LogP contribution in [-0.4, -0.2) is 46.9 Å². The predicted octanol–water partition coefficient (Wildman–Crippen LogP) is 1.33. The molecule has 30 heavy (non-hydrogen) atoms. The number of anilines is 2. The van der Waals surface area contributed by atoms with E-state index in [0.717, 1.165) is 0 Å². The Hall–Kier alpha value is -3.70. The molecule has 1 aromatic heterocycles. The number of hydrogen-bond donors (Lipinski definition) is 3. The molecule has 4 amide bonds. The molecule has 1 aliphatic heterocycles. The summed E-state index contributed by atoms with van der Waals surface area (Å²) in [5.41, 5.74) is -0.435. The van der Waals surface area contributed by atoms with Gasteiger partial charge in [0.05, 0.1) is 5.69 Å². The second-order valence-corrected chi connectivity index (χ2v) is 6.29. The molecule has 9 nitrogen and oxygen atoms in total. The first-order chi connectivity index (χ1) is 14.4. The van der Waals surface area contributed by atoms with Crippen molar-refractivity contribution in [3.63, 3.8) is 0 Å². The Bertz CT molecular complexity index is 936. The molecule has 1 aliphatic rings. The normalized spacial score (nSPS) is 15.8. The first-order valence-corrected chi connectivity index (χ1v) is 8.93. The van der Waals surface area contributed by atoms with E-state index < -0.39 is 41.1 Å². The van der Waals surface area contributed by atoms with Crippen LogP contribution in [0.2, 0.25) is 0 Å². The van der Waals surface area contributed by atoms with E-state index in [9.17, 15) is 27.6 Å². The Labute approximate surface area is 168 Å². The molecule has 2 aromatic rings. The van der Waals surface area contributed by atoms with Gasteiger partial charge in [0.1, 0.15) is 6.04 Å². The highest BCUT2D eigenvalue weighted by molar-refractivity contribution is 6.21. The van der Waals surface area contributed by atoms with Crippen molar-refractivity contribution in [1.29, 1.82) is 0 Å². The number of carbonyl (C=O) groups excluding carboxylic acids is 3. The minimum absolute atomic E-state index is 0.0196. The third kappa shape index (κ3) is 4.82. The number of amides is 4. The molecule has 0 unspecified atom stereocenters. The Balaban J connectivity index is 1.47. The Morgan fingerprint density at radius 3 is 2.43 bits per heavy atom. The maximum atomic E-state index is 13.4. The third-order valence-electron chi connectivity index (χ3n) is 4.20. The van der Waals surface area contributed by atoms with Crippen LogP contribution in [0.5, 0.6) is 0 Å². The van der Waals surface area contributed by atoms with Gasteiger partial charge in [-0.2, -0.15) is 0 Å². The van der Waals surface area contributed by atoms with Crippen LogP contribution in [0.15, 0.2) is 30.6 Å². The second-order valence-electron chi connectivity index (χ2n) is 6.29. The highest BCUT2D eigenvalue weighted by atomic mass is 19.2. The Morgan fingerprint density at radius 1 is 1.10 bits per heavy atom. The summed E-state index contributed by atoms with van der Waals surface area (Å²) in [7, 11) is 0. The summed E-state index contributed by atoms with van der Waals surface area (Å²) in [5, 5.41) is 7.88. The van der Waals surface area contributed by atoms with Gasteiger partial charge in [-0.25, -0.2) is 32.8 Å². The SMILES string of the molecule is O=C(CC[C@@H]1NC(=O)N(c2cc(F)c(F)c(F)c2)C1=O)NCCNc1ncccn1. The summed E-state index contributed by atoms with van der Waals surface area (Å²) in [4.78, 5) is 44.8. The molecule has 1 atom stereocenters. The number of benzene rings is 1. The average Bonchev–Trinajstić information content (AvgIpc) is 3.01. The molecule has 1 fully saturated rings. The van der Waals surface area contributed by atoms with E-state index in [-0.39, 0.29) is 25.3 Å². The Kier molecular flexibility index (Phi) is 6.45. The molecular formula is C18H17F3N6O3. The van der Waals surface area contributed by atoms with Gasteiger partial charge in [0.15, 0.2) is 17.5 Å². The fourth-order valence-corrected chi connectivity index (χ4v) is 2.77. The predicted molar refractivity (Wildman–Crippen MR) is 98.9 cm³/mol. The molecule has 2 heterocycles. The van der Waals surface area contributed by atoms with E-state index in [0.29, 0.717) is 29.5 Å². The average molecular weight is 422 g/mol. The topological polar surface area (TPSA) is 116 Å². The quantitative estimate of drug-likeness (QED) is 0.336. The summed E-state index contributed by atoms with van der Waals surface area (Å²) in [6, 6.07) is 0.807. The lowest BCUT2D eigenvalue weighted by molar-refractivity contribution is -0.121. The minimum atomic E-state index is -1.70. The lowest BCUT2D eigenvalue weighted by atomic mass is 10.1. The van der Waals surface area contributed by atoms with Gasteiger partial charge in [0.2, 0.25) is 11.9 Å². The fraction of sp³-hybridized carbons (Fsp3) is 0.278. The van der Waals surface area contributed by atoms with Crippen molar-refractivity contribution in [1.82, 2.24) is 20.6 Å². The summed E-state index contributed by atoms with van der Waals surface area (Å²) < 4.78 is 39.9. The lowest BCUT2D eigenvalue weighted by Gasteiger charge is -2.13. The van der Waals surface area contributed by atoms with Crippen molar-refractivity contribution in [3.8, 4) is 0 Å². The summed E-state index contributed by atoms with van der Waals surface area (Å²) in [5.74, 6) is -5.48. The number of hydrogen-bond acceptors (Lipinski definition) is 6. The first kappa shape index (κ1) is 21.0. The fourth-order valence-electron chi connectivity index (χ4n) is 2.77. The van der Waals surface area contributed by atoms with Crippen molar-refractivity contribution < 1.29 is 27.6 Å². The van der Waals surface area contributed by atoms with Gasteiger partial charge in [-0.3, -0.25) is 9.59 Å². The smallest absolute Gasteiger partial charge is 0.329 e. The number of nitrogens with zero attached hydrogens (tertiary/aromatic N) is 3. The monoisotopic (exact) mass is 422 g/mol. The molecule has 1 saturated heterocycles. The largest absolute Gasteiger partial charge is 0.354 e. The van der Waals surface area contributed by atoms with Crippen molar-refractivity contribution in [3.05, 3.63) is 48.0 Å². The van der Waals surface area contributed by atoms with Crippen molar-refractivity contribution in [2.24, 2.45) is 0 Å². The van der Waals surface area contributed by atoms with Gasteiger partial charge >= 0.3 is 6.03 Å². The van der Waals surface area contributed by atoms with E-state index in [2.05, 4.69) is 25.9 Å². The molecule has 0 radical (unpaired) electrons. The van der Waals surface area contributed by atoms with Crippen LogP contribution >= 0.6 is 0 Å². The van der Waals surface area contributed by atoms with E-state index in [1.54, 1.807) is 18.5 Å². The molecule has 0 aliphatic carbocycles. The van der Waals surface area contributed by atoms with Crippen LogP contribution in [-0.2, 0) is 9.59 Å². The molecule has 0 saturated carbocycles. The van der Waals surface area contributed by atoms with Crippen LogP contribution in [0, 0.1) is 17.5 Å². The van der Waals surface area contributed by atoms with Crippen LogP contribution in [0.1, 0.15) is 12.8 Å². The lowest BCUT2D eigenvalue weighted by Crippen LogP contribution is -2.34. The van der Waals surface area contributed by atoms with Gasteiger partial charge < -0.3 is 16.0 Å². The van der Waals surface area contributed by atoms with E-state index in [1.165, 1.54) is 0 Å². The number of imide groups is 1. The highest BCUT2D eigenvalue weighted by Gasteiger charge is 2.39. The summed E-state index contributed by atoms with van der Waals surface area (Å²) >= 11 is 0. The minimum Gasteiger partial charge on any atom is -0.354 e. The number of urea groups is 1. The molecule has 12 heteroatoms. The van der Waals surface area contributed by atoms with Gasteiger partial charge in [0, 0.05) is 44.0 Å². The van der Waals surface area contributed by atoms with Crippen molar-refractivity contribution in [2.45, 2.75) is 18.9 Å². The standard InChI is InChI=1S/C18H17F3N6O3/c19-11-8-10(9-12(20)15(11)21)27-16(29)13(26-18(27)30)2-3-14(28)22-6-7-25-17-23-4-1-5-24-17/h1,4-5,8-9,13H,2-3,6-7H2,(H,22,28)(H,26,30)(H,23,24,25)/t13-/m0/s1. The number of rotatable bonds is 8. The van der Waals surface area contributed by atoms with Crippen LogP contribution in [0.25, 0.3) is 0 Å². The highest BCUT2D eigenvalue weighted by Crippen LogP contribution is 2.25. The Morgan fingerprint density at radius 2 is 1.77 bits per heavy atom. The van der Waals surface area contributed by atoms with Gasteiger partial charge in [-0.1, -0.05) is 0 Å². The number of halogens is 3. The maximum Gasteiger partial charge on any atom is 0.329 e. The van der Waals surface area contributed by atoms with E-state index in [4.69, 9.17) is 0 Å². The number of carbonyl (C=O) groups is 3. The van der Waals surface area contributed by atoms with Crippen LogP contribution in [0.4, 0.5) is 29.6 Å². The van der Waals surface area contributed by atoms with E-state index >= 15 is 0 Å². The van der Waals surface area contributed by atoms with Crippen LogP contribution < -0.4 is 20.9 Å². The maximum absolute atomic E-state index is 13.4. The molecular weight excluding hydrogens is 405 g/mol. The molecule has 1 aromatic carbocycles. The molecule has 3 rings (SSSR count). The van der Waals surface area contributed by atoms with Crippen LogP contribution in [0.3, 0.4) is 0 Å². The zero-order chi connectivity index (χ0) is 21.7. The molecule has 3 N–H and O–H groups in total. The second kappa shape index (κ2) is 9.20. The zero-order valence-electron chi connectivity index (χ0n) is 15.5. The van der Waals surface area contributed by atoms with Gasteiger partial charge in [-0.15, -0.1) is 0 Å². The summed E-state index contributed by atoms with van der Waals surface area (Å²) in [6.45, 7) is 0.659. The number of nitrogens with one attached hydrogen (secondary N) is 3. The van der Waals surface area contributed by atoms with Crippen molar-refractivity contribution >= 4 is 29.5 Å². The summed E-state index contributed by atoms with van der Waals surface area (Å²) in [6.07, 6.45) is 3.05. The molecule has 158 valence electrons. The van der Waals surface area contributed by atoms with E-state index in [1.807, 2.05) is 0 Å². The third-order valence-corrected chi connectivity index (χ3v) is 4.20. The number of aromatic nitrogens is 2. The zero-order valence-corrected chi connectivity index (χ0v) is 15.5. The first-order valence-electron chi connectivity index (χ1n) is 8.93. The van der Waals surface area contributed by atoms with Gasteiger partial charge in [-0.05, 0) is 12.5 Å².